The number of hydrogen-bond acceptors (Lipinski definition) is 3. The van der Waals surface area contributed by atoms with Gasteiger partial charge >= 0.3 is 12.0 Å². The highest BCUT2D eigenvalue weighted by Crippen LogP contribution is 2.31. The number of urea groups is 1. The number of carbonyl (C=O) groups excluding carboxylic acids is 1. The molecule has 7 heteroatoms. The van der Waals surface area contributed by atoms with Gasteiger partial charge < -0.3 is 15.7 Å². The normalized spacial score (nSPS) is 16.5. The Kier molecular flexibility index (Phi) is 3.46. The third kappa shape index (κ3) is 2.69. The van der Waals surface area contributed by atoms with E-state index in [4.69, 9.17) is 5.11 Å². The van der Waals surface area contributed by atoms with Crippen LogP contribution in [-0.2, 0) is 18.4 Å². The van der Waals surface area contributed by atoms with Crippen molar-refractivity contribution in [1.82, 2.24) is 20.4 Å². The molecule has 1 saturated carbocycles. The van der Waals surface area contributed by atoms with Crippen molar-refractivity contribution in [3.63, 3.8) is 0 Å². The van der Waals surface area contributed by atoms with Crippen LogP contribution in [0.25, 0.3) is 0 Å². The zero-order chi connectivity index (χ0) is 14.0. The third-order valence-corrected chi connectivity index (χ3v) is 3.52. The summed E-state index contributed by atoms with van der Waals surface area (Å²) < 4.78 is 1.68. The number of aryl methyl sites for hydroxylation is 2. The molecular weight excluding hydrogens is 248 g/mol. The van der Waals surface area contributed by atoms with Crippen LogP contribution in [-0.4, -0.2) is 32.4 Å². The van der Waals surface area contributed by atoms with Crippen molar-refractivity contribution >= 4 is 12.0 Å². The first kappa shape index (κ1) is 13.4. The molecule has 0 spiro atoms. The Morgan fingerprint density at radius 2 is 2.21 bits per heavy atom. The van der Waals surface area contributed by atoms with E-state index in [1.165, 1.54) is 0 Å². The predicted molar refractivity (Wildman–Crippen MR) is 67.5 cm³/mol. The van der Waals surface area contributed by atoms with Crippen molar-refractivity contribution < 1.29 is 14.7 Å². The highest BCUT2D eigenvalue weighted by atomic mass is 16.4. The minimum atomic E-state index is -1.08. The maximum atomic E-state index is 11.7. The molecule has 3 N–H and O–H groups in total. The molecule has 0 bridgehead atoms. The van der Waals surface area contributed by atoms with Gasteiger partial charge in [-0.2, -0.15) is 5.10 Å². The topological polar surface area (TPSA) is 96.3 Å². The number of nitrogens with one attached hydrogen (secondary N) is 2. The second kappa shape index (κ2) is 4.91. The molecule has 7 nitrogen and oxygen atoms in total. The average Bonchev–Trinajstić information content (AvgIpc) is 2.59. The monoisotopic (exact) mass is 266 g/mol. The van der Waals surface area contributed by atoms with E-state index in [-0.39, 0.29) is 0 Å². The lowest BCUT2D eigenvalue weighted by Gasteiger charge is -2.38. The van der Waals surface area contributed by atoms with Gasteiger partial charge in [0.05, 0.1) is 5.69 Å². The summed E-state index contributed by atoms with van der Waals surface area (Å²) in [4.78, 5) is 22.8. The van der Waals surface area contributed by atoms with Crippen molar-refractivity contribution in [1.29, 1.82) is 0 Å². The van der Waals surface area contributed by atoms with Crippen LogP contribution >= 0.6 is 0 Å². The number of carbonyl (C=O) groups is 2. The molecule has 2 amide bonds. The first-order valence-electron chi connectivity index (χ1n) is 6.21. The summed E-state index contributed by atoms with van der Waals surface area (Å²) in [5.74, 6) is -0.966. The fourth-order valence-corrected chi connectivity index (χ4v) is 2.18. The molecule has 0 aromatic carbocycles. The summed E-state index contributed by atoms with van der Waals surface area (Å²) in [6, 6.07) is -0.453. The summed E-state index contributed by atoms with van der Waals surface area (Å²) in [7, 11) is 1.81. The predicted octanol–water partition coefficient (Wildman–Crippen LogP) is 0.535. The summed E-state index contributed by atoms with van der Waals surface area (Å²) in [6.45, 7) is 2.20. The molecular formula is C12H18N4O3. The van der Waals surface area contributed by atoms with E-state index >= 15 is 0 Å². The molecule has 0 saturated heterocycles. The Balaban J connectivity index is 1.88. The molecule has 0 atom stereocenters. The summed E-state index contributed by atoms with van der Waals surface area (Å²) >= 11 is 0. The number of carboxylic acids is 1. The van der Waals surface area contributed by atoms with Crippen molar-refractivity contribution in [2.24, 2.45) is 7.05 Å². The van der Waals surface area contributed by atoms with E-state index in [0.717, 1.165) is 17.7 Å². The van der Waals surface area contributed by atoms with Gasteiger partial charge in [0.15, 0.2) is 0 Å². The van der Waals surface area contributed by atoms with Crippen molar-refractivity contribution in [2.45, 2.75) is 38.3 Å². The smallest absolute Gasteiger partial charge is 0.329 e. The Bertz CT molecular complexity index is 505. The fraction of sp³-hybridized carbons (Fsp3) is 0.583. The van der Waals surface area contributed by atoms with E-state index < -0.39 is 17.5 Å². The van der Waals surface area contributed by atoms with Crippen molar-refractivity contribution in [2.75, 3.05) is 0 Å². The number of aromatic nitrogens is 2. The third-order valence-electron chi connectivity index (χ3n) is 3.52. The molecule has 1 aliphatic rings. The van der Waals surface area contributed by atoms with Gasteiger partial charge in [-0.15, -0.1) is 0 Å². The quantitative estimate of drug-likeness (QED) is 0.741. The van der Waals surface area contributed by atoms with Crippen LogP contribution in [0.2, 0.25) is 0 Å². The van der Waals surface area contributed by atoms with Crippen LogP contribution in [0.3, 0.4) is 0 Å². The standard InChI is InChI=1S/C12H18N4O3/c1-8-9(7-16(2)15-8)6-13-11(19)14-12(10(17)18)4-3-5-12/h7H,3-6H2,1-2H3,(H,17,18)(H2,13,14,19). The van der Waals surface area contributed by atoms with Gasteiger partial charge in [-0.1, -0.05) is 0 Å². The van der Waals surface area contributed by atoms with E-state index in [2.05, 4.69) is 15.7 Å². The molecule has 0 unspecified atom stereocenters. The SMILES string of the molecule is Cc1nn(C)cc1CNC(=O)NC1(C(=O)O)CCC1. The maximum Gasteiger partial charge on any atom is 0.329 e. The van der Waals surface area contributed by atoms with E-state index in [9.17, 15) is 9.59 Å². The molecule has 1 aliphatic carbocycles. The molecule has 0 radical (unpaired) electrons. The Hall–Kier alpha value is -2.05. The molecule has 2 rings (SSSR count). The summed E-state index contributed by atoms with van der Waals surface area (Å²) in [6.07, 6.45) is 3.63. The average molecular weight is 266 g/mol. The Morgan fingerprint density at radius 3 is 2.63 bits per heavy atom. The number of hydrogen-bond donors (Lipinski definition) is 3. The van der Waals surface area contributed by atoms with Crippen LogP contribution < -0.4 is 10.6 Å². The van der Waals surface area contributed by atoms with E-state index in [1.807, 2.05) is 20.2 Å². The number of amides is 2. The highest BCUT2D eigenvalue weighted by molar-refractivity contribution is 5.87. The molecule has 1 aromatic heterocycles. The van der Waals surface area contributed by atoms with Gasteiger partial charge in [0, 0.05) is 25.4 Å². The number of nitrogens with zero attached hydrogens (tertiary/aromatic N) is 2. The zero-order valence-electron chi connectivity index (χ0n) is 11.1. The number of aliphatic carboxylic acids is 1. The van der Waals surface area contributed by atoms with Crippen molar-refractivity contribution in [3.05, 3.63) is 17.5 Å². The Morgan fingerprint density at radius 1 is 1.53 bits per heavy atom. The summed E-state index contributed by atoms with van der Waals surface area (Å²) in [5.41, 5.74) is 0.684. The maximum absolute atomic E-state index is 11.7. The highest BCUT2D eigenvalue weighted by Gasteiger charge is 2.45. The fourth-order valence-electron chi connectivity index (χ4n) is 2.18. The van der Waals surface area contributed by atoms with Gasteiger partial charge in [-0.25, -0.2) is 9.59 Å². The molecule has 104 valence electrons. The molecule has 1 heterocycles. The van der Waals surface area contributed by atoms with Gasteiger partial charge in [-0.05, 0) is 26.2 Å². The van der Waals surface area contributed by atoms with Crippen LogP contribution in [0.15, 0.2) is 6.20 Å². The summed E-state index contributed by atoms with van der Waals surface area (Å²) in [5, 5.41) is 18.5. The van der Waals surface area contributed by atoms with E-state index in [0.29, 0.717) is 19.4 Å². The minimum Gasteiger partial charge on any atom is -0.480 e. The van der Waals surface area contributed by atoms with E-state index in [1.54, 1.807) is 4.68 Å². The molecule has 1 fully saturated rings. The van der Waals surface area contributed by atoms with Gasteiger partial charge in [0.25, 0.3) is 0 Å². The first-order valence-corrected chi connectivity index (χ1v) is 6.21. The minimum absolute atomic E-state index is 0.335. The lowest BCUT2D eigenvalue weighted by atomic mass is 9.77. The second-order valence-corrected chi connectivity index (χ2v) is 4.96. The lowest BCUT2D eigenvalue weighted by Crippen LogP contribution is -2.61. The number of rotatable bonds is 4. The van der Waals surface area contributed by atoms with Crippen molar-refractivity contribution in [3.8, 4) is 0 Å². The van der Waals surface area contributed by atoms with Gasteiger partial charge in [0.1, 0.15) is 5.54 Å². The number of carboxylic acid groups (broad SMARTS) is 1. The van der Waals surface area contributed by atoms with Crippen LogP contribution in [0, 0.1) is 6.92 Å². The van der Waals surface area contributed by atoms with Crippen LogP contribution in [0.4, 0.5) is 4.79 Å². The largest absolute Gasteiger partial charge is 0.480 e. The van der Waals surface area contributed by atoms with Gasteiger partial charge in [-0.3, -0.25) is 4.68 Å². The Labute approximate surface area is 111 Å². The zero-order valence-corrected chi connectivity index (χ0v) is 11.1. The lowest BCUT2D eigenvalue weighted by molar-refractivity contribution is -0.148. The first-order chi connectivity index (χ1) is 8.93. The molecule has 19 heavy (non-hydrogen) atoms. The molecule has 1 aromatic rings. The van der Waals surface area contributed by atoms with Crippen LogP contribution in [0.5, 0.6) is 0 Å². The van der Waals surface area contributed by atoms with Crippen LogP contribution in [0.1, 0.15) is 30.5 Å². The van der Waals surface area contributed by atoms with Gasteiger partial charge in [0.2, 0.25) is 0 Å². The molecule has 0 aliphatic heterocycles. The second-order valence-electron chi connectivity index (χ2n) is 4.96.